The quantitative estimate of drug-likeness (QED) is 0.629. The van der Waals surface area contributed by atoms with Crippen LogP contribution < -0.4 is 0 Å². The smallest absolute Gasteiger partial charge is 0.248 e. The van der Waals surface area contributed by atoms with E-state index >= 15 is 0 Å². The lowest BCUT2D eigenvalue weighted by molar-refractivity contribution is -0.140. The van der Waals surface area contributed by atoms with Gasteiger partial charge >= 0.3 is 0 Å². The summed E-state index contributed by atoms with van der Waals surface area (Å²) in [7, 11) is 5.09. The predicted molar refractivity (Wildman–Crippen MR) is 72.9 cm³/mol. The number of carbonyl (C=O) groups is 2. The zero-order valence-electron chi connectivity index (χ0n) is 12.9. The van der Waals surface area contributed by atoms with Crippen molar-refractivity contribution in [1.82, 2.24) is 9.80 Å². The summed E-state index contributed by atoms with van der Waals surface area (Å²) in [6.45, 7) is 6.53. The van der Waals surface area contributed by atoms with Crippen molar-refractivity contribution in [3.63, 3.8) is 0 Å². The Morgan fingerprint density at radius 3 is 1.68 bits per heavy atom. The van der Waals surface area contributed by atoms with Crippen molar-refractivity contribution in [1.29, 1.82) is 0 Å². The fraction of sp³-hybridized carbons (Fsp3) is 0.846. The second-order valence-electron chi connectivity index (χ2n) is 5.52. The number of likely N-dealkylation sites (N-methyl/N-ethyl adjacent to an activating group) is 2. The van der Waals surface area contributed by atoms with Crippen LogP contribution in [0.15, 0.2) is 0 Å². The minimum atomic E-state index is -0.213. The van der Waals surface area contributed by atoms with Gasteiger partial charge in [0.05, 0.1) is 13.2 Å². The van der Waals surface area contributed by atoms with Crippen molar-refractivity contribution in [2.75, 3.05) is 47.6 Å². The number of ether oxygens (including phenoxy) is 2. The van der Waals surface area contributed by atoms with Gasteiger partial charge in [-0.2, -0.15) is 0 Å². The molecule has 6 heteroatoms. The first-order valence-electron chi connectivity index (χ1n) is 6.28. The van der Waals surface area contributed by atoms with Crippen LogP contribution in [0.3, 0.4) is 0 Å². The molecule has 0 aliphatic rings. The summed E-state index contributed by atoms with van der Waals surface area (Å²) in [4.78, 5) is 26.0. The van der Waals surface area contributed by atoms with Gasteiger partial charge in [-0.25, -0.2) is 0 Å². The number of carbonyl (C=O) groups excluding carboxylic acids is 2. The highest BCUT2D eigenvalue weighted by molar-refractivity contribution is 5.78. The van der Waals surface area contributed by atoms with Crippen molar-refractivity contribution in [2.45, 2.75) is 26.3 Å². The molecule has 0 atom stereocenters. The van der Waals surface area contributed by atoms with Gasteiger partial charge in [-0.15, -0.1) is 0 Å². The summed E-state index contributed by atoms with van der Waals surface area (Å²) >= 11 is 0. The van der Waals surface area contributed by atoms with Crippen LogP contribution in [0.4, 0.5) is 0 Å². The number of nitrogens with zero attached hydrogens (tertiary/aromatic N) is 2. The van der Waals surface area contributed by atoms with E-state index in [1.165, 1.54) is 4.90 Å². The Morgan fingerprint density at radius 1 is 0.895 bits per heavy atom. The normalized spacial score (nSPS) is 11.3. The Labute approximate surface area is 115 Å². The molecule has 0 aliphatic heterocycles. The van der Waals surface area contributed by atoms with E-state index in [4.69, 9.17) is 9.47 Å². The summed E-state index contributed by atoms with van der Waals surface area (Å²) < 4.78 is 10.3. The molecule has 0 fully saturated rings. The van der Waals surface area contributed by atoms with Crippen LogP contribution in [0, 0.1) is 0 Å². The molecule has 0 aromatic rings. The van der Waals surface area contributed by atoms with Gasteiger partial charge in [0.1, 0.15) is 13.2 Å². The standard InChI is InChI=1S/C13H26N2O4/c1-13(2,3)15(6)12(17)10-19-8-7-18-9-11(16)14(4)5/h7-10H2,1-6H3. The van der Waals surface area contributed by atoms with Crippen molar-refractivity contribution < 1.29 is 19.1 Å². The summed E-state index contributed by atoms with van der Waals surface area (Å²) in [6, 6.07) is 0. The third kappa shape index (κ3) is 7.79. The largest absolute Gasteiger partial charge is 0.369 e. The van der Waals surface area contributed by atoms with Crippen LogP contribution in [0.25, 0.3) is 0 Å². The number of hydrogen-bond acceptors (Lipinski definition) is 4. The molecule has 6 nitrogen and oxygen atoms in total. The second-order valence-corrected chi connectivity index (χ2v) is 5.52. The Balaban J connectivity index is 3.66. The Morgan fingerprint density at radius 2 is 1.32 bits per heavy atom. The zero-order chi connectivity index (χ0) is 15.1. The highest BCUT2D eigenvalue weighted by atomic mass is 16.5. The molecular formula is C13H26N2O4. The van der Waals surface area contributed by atoms with Crippen LogP contribution in [-0.2, 0) is 19.1 Å². The van der Waals surface area contributed by atoms with E-state index < -0.39 is 0 Å². The average Bonchev–Trinajstić information content (AvgIpc) is 2.30. The molecule has 0 heterocycles. The van der Waals surface area contributed by atoms with Gasteiger partial charge in [0.25, 0.3) is 0 Å². The second kappa shape index (κ2) is 8.12. The Kier molecular flexibility index (Phi) is 7.63. The molecule has 0 spiro atoms. The summed E-state index contributed by atoms with van der Waals surface area (Å²) in [5.74, 6) is -0.166. The van der Waals surface area contributed by atoms with E-state index in [1.807, 2.05) is 20.8 Å². The first-order valence-corrected chi connectivity index (χ1v) is 6.28. The third-order valence-electron chi connectivity index (χ3n) is 2.70. The number of hydrogen-bond donors (Lipinski definition) is 0. The van der Waals surface area contributed by atoms with Crippen LogP contribution in [0.5, 0.6) is 0 Å². The lowest BCUT2D eigenvalue weighted by atomic mass is 10.1. The average molecular weight is 274 g/mol. The maximum Gasteiger partial charge on any atom is 0.248 e. The van der Waals surface area contributed by atoms with E-state index in [9.17, 15) is 9.59 Å². The molecule has 0 unspecified atom stereocenters. The summed E-state index contributed by atoms with van der Waals surface area (Å²) in [5.41, 5.74) is -0.213. The SMILES string of the molecule is CN(C)C(=O)COCCOCC(=O)N(C)C(C)(C)C. The molecule has 112 valence electrons. The highest BCUT2D eigenvalue weighted by Gasteiger charge is 2.21. The van der Waals surface area contributed by atoms with E-state index in [2.05, 4.69) is 0 Å². The van der Waals surface area contributed by atoms with E-state index in [0.717, 1.165) is 0 Å². The summed E-state index contributed by atoms with van der Waals surface area (Å²) in [5, 5.41) is 0. The lowest BCUT2D eigenvalue weighted by Gasteiger charge is -2.31. The molecule has 0 saturated heterocycles. The van der Waals surface area contributed by atoms with Gasteiger partial charge in [0.15, 0.2) is 0 Å². The van der Waals surface area contributed by atoms with Gasteiger partial charge in [-0.3, -0.25) is 9.59 Å². The predicted octanol–water partition coefficient (Wildman–Crippen LogP) is 0.365. The first kappa shape index (κ1) is 17.9. The number of amides is 2. The minimum Gasteiger partial charge on any atom is -0.369 e. The van der Waals surface area contributed by atoms with Crippen molar-refractivity contribution in [3.8, 4) is 0 Å². The molecule has 19 heavy (non-hydrogen) atoms. The highest BCUT2D eigenvalue weighted by Crippen LogP contribution is 2.10. The third-order valence-corrected chi connectivity index (χ3v) is 2.70. The van der Waals surface area contributed by atoms with E-state index in [1.54, 1.807) is 26.0 Å². The monoisotopic (exact) mass is 274 g/mol. The summed E-state index contributed by atoms with van der Waals surface area (Å²) in [6.07, 6.45) is 0. The number of rotatable bonds is 7. The zero-order valence-corrected chi connectivity index (χ0v) is 12.9. The molecule has 0 bridgehead atoms. The molecule has 2 amide bonds. The van der Waals surface area contributed by atoms with Crippen molar-refractivity contribution in [2.24, 2.45) is 0 Å². The Hall–Kier alpha value is -1.14. The lowest BCUT2D eigenvalue weighted by Crippen LogP contribution is -2.44. The maximum absolute atomic E-state index is 11.7. The molecule has 0 radical (unpaired) electrons. The minimum absolute atomic E-state index is 0.0265. The maximum atomic E-state index is 11.7. The van der Waals surface area contributed by atoms with Gasteiger partial charge in [-0.05, 0) is 20.8 Å². The van der Waals surface area contributed by atoms with Crippen LogP contribution in [0.1, 0.15) is 20.8 Å². The van der Waals surface area contributed by atoms with Gasteiger partial charge in [0.2, 0.25) is 11.8 Å². The molecule has 0 rings (SSSR count). The van der Waals surface area contributed by atoms with Crippen molar-refractivity contribution >= 4 is 11.8 Å². The molecule has 0 aromatic carbocycles. The van der Waals surface area contributed by atoms with E-state index in [0.29, 0.717) is 13.2 Å². The molecule has 0 aromatic heterocycles. The first-order chi connectivity index (χ1) is 8.66. The van der Waals surface area contributed by atoms with Crippen LogP contribution in [-0.4, -0.2) is 74.7 Å². The molecule has 0 saturated carbocycles. The Bertz CT molecular complexity index is 298. The topological polar surface area (TPSA) is 59.1 Å². The molecule has 0 aliphatic carbocycles. The fourth-order valence-corrected chi connectivity index (χ4v) is 1.04. The van der Waals surface area contributed by atoms with E-state index in [-0.39, 0.29) is 30.6 Å². The van der Waals surface area contributed by atoms with Crippen LogP contribution >= 0.6 is 0 Å². The van der Waals surface area contributed by atoms with Gasteiger partial charge in [-0.1, -0.05) is 0 Å². The van der Waals surface area contributed by atoms with Gasteiger partial charge < -0.3 is 19.3 Å². The van der Waals surface area contributed by atoms with Crippen molar-refractivity contribution in [3.05, 3.63) is 0 Å². The molecular weight excluding hydrogens is 248 g/mol. The van der Waals surface area contributed by atoms with Crippen LogP contribution in [0.2, 0.25) is 0 Å². The fourth-order valence-electron chi connectivity index (χ4n) is 1.04. The van der Waals surface area contributed by atoms with Gasteiger partial charge in [0, 0.05) is 26.7 Å². The molecule has 0 N–H and O–H groups in total.